The van der Waals surface area contributed by atoms with Crippen molar-refractivity contribution in [2.75, 3.05) is 13.7 Å². The number of halogens is 1. The third-order valence-corrected chi connectivity index (χ3v) is 8.88. The van der Waals surface area contributed by atoms with Crippen LogP contribution in [0.5, 0.6) is 11.5 Å². The highest BCUT2D eigenvalue weighted by atomic mass is 35.5. The van der Waals surface area contributed by atoms with E-state index < -0.39 is 0 Å². The molecule has 1 aliphatic carbocycles. The van der Waals surface area contributed by atoms with E-state index in [0.29, 0.717) is 52.5 Å². The number of methoxy groups -OCH3 is 1. The molecule has 0 heterocycles. The van der Waals surface area contributed by atoms with Gasteiger partial charge in [-0.2, -0.15) is 0 Å². The van der Waals surface area contributed by atoms with Gasteiger partial charge >= 0.3 is 0 Å². The Kier molecular flexibility index (Phi) is 10.3. The predicted molar refractivity (Wildman–Crippen MR) is 144 cm³/mol. The van der Waals surface area contributed by atoms with Gasteiger partial charge in [-0.3, -0.25) is 4.79 Å². The molecule has 0 aliphatic heterocycles. The van der Waals surface area contributed by atoms with Crippen LogP contribution in [-0.4, -0.2) is 31.1 Å². The SMILES string of the molecule is CCNC1CC[C@@H](C)[C@@](C)(C/C=C/C(CC)=C(\CC)c2c(O)c(C=O)c(C)c(Cl)c2OC)[C@H]1C. The van der Waals surface area contributed by atoms with Crippen molar-refractivity contribution < 1.29 is 14.6 Å². The molecule has 0 aromatic heterocycles. The van der Waals surface area contributed by atoms with E-state index in [2.05, 4.69) is 59.0 Å². The molecule has 1 unspecified atom stereocenters. The molecule has 34 heavy (non-hydrogen) atoms. The number of hydrogen-bond acceptors (Lipinski definition) is 4. The van der Waals surface area contributed by atoms with Crippen LogP contribution in [0.4, 0.5) is 0 Å². The van der Waals surface area contributed by atoms with E-state index in [4.69, 9.17) is 16.3 Å². The van der Waals surface area contributed by atoms with Gasteiger partial charge in [-0.05, 0) is 79.5 Å². The molecule has 4 atom stereocenters. The van der Waals surface area contributed by atoms with Gasteiger partial charge in [0.15, 0.2) is 6.29 Å². The Bertz CT molecular complexity index is 936. The van der Waals surface area contributed by atoms with E-state index in [1.165, 1.54) is 12.8 Å². The summed E-state index contributed by atoms with van der Waals surface area (Å²) in [5.74, 6) is 1.60. The highest BCUT2D eigenvalue weighted by Crippen LogP contribution is 2.49. The number of hydrogen-bond donors (Lipinski definition) is 2. The number of nitrogens with one attached hydrogen (secondary N) is 1. The van der Waals surface area contributed by atoms with Gasteiger partial charge in [-0.1, -0.05) is 65.3 Å². The normalized spacial score (nSPS) is 26.0. The van der Waals surface area contributed by atoms with E-state index in [1.807, 2.05) is 0 Å². The van der Waals surface area contributed by atoms with Crippen molar-refractivity contribution in [1.82, 2.24) is 5.32 Å². The molecule has 0 bridgehead atoms. The second-order valence-corrected chi connectivity index (χ2v) is 10.4. The molecule has 1 saturated carbocycles. The summed E-state index contributed by atoms with van der Waals surface area (Å²) < 4.78 is 5.62. The van der Waals surface area contributed by atoms with Gasteiger partial charge in [0, 0.05) is 6.04 Å². The summed E-state index contributed by atoms with van der Waals surface area (Å²) in [6.45, 7) is 16.3. The maximum Gasteiger partial charge on any atom is 0.154 e. The van der Waals surface area contributed by atoms with Crippen LogP contribution in [0.15, 0.2) is 17.7 Å². The molecule has 190 valence electrons. The fraction of sp³-hybridized carbons (Fsp3) is 0.621. The Morgan fingerprint density at radius 2 is 1.91 bits per heavy atom. The zero-order valence-electron chi connectivity index (χ0n) is 22.3. The number of phenolic OH excluding ortho intramolecular Hbond substituents is 1. The van der Waals surface area contributed by atoms with Gasteiger partial charge in [-0.15, -0.1) is 0 Å². The molecule has 2 rings (SSSR count). The zero-order valence-corrected chi connectivity index (χ0v) is 23.1. The van der Waals surface area contributed by atoms with Crippen molar-refractivity contribution in [1.29, 1.82) is 0 Å². The Labute approximate surface area is 211 Å². The van der Waals surface area contributed by atoms with Crippen LogP contribution in [0, 0.1) is 24.2 Å². The van der Waals surface area contributed by atoms with Crippen molar-refractivity contribution >= 4 is 23.5 Å². The fourth-order valence-electron chi connectivity index (χ4n) is 5.73. The number of rotatable bonds is 10. The standard InChI is InChI=1S/C29H44ClNO3/c1-9-21(13-12-16-29(7)18(4)14-15-24(20(29)6)31-11-3)22(10-2)25-27(33)23(17-32)19(5)26(30)28(25)34-8/h12-13,17-18,20,24,31,33H,9-11,14-16H2,1-8H3/b13-12+,22-21+/t18-,20+,24?,29-/m1/s1. The van der Waals surface area contributed by atoms with Crippen molar-refractivity contribution in [3.05, 3.63) is 39.4 Å². The monoisotopic (exact) mass is 489 g/mol. The summed E-state index contributed by atoms with van der Waals surface area (Å²) >= 11 is 6.56. The molecular weight excluding hydrogens is 446 g/mol. The van der Waals surface area contributed by atoms with Crippen LogP contribution in [-0.2, 0) is 0 Å². The number of aromatic hydroxyl groups is 1. The lowest BCUT2D eigenvalue weighted by molar-refractivity contribution is 0.0371. The van der Waals surface area contributed by atoms with E-state index >= 15 is 0 Å². The molecule has 5 heteroatoms. The molecule has 1 fully saturated rings. The van der Waals surface area contributed by atoms with E-state index in [1.54, 1.807) is 14.0 Å². The third-order valence-electron chi connectivity index (χ3n) is 8.42. The number of carbonyl (C=O) groups excluding carboxylic acids is 1. The highest BCUT2D eigenvalue weighted by molar-refractivity contribution is 6.33. The summed E-state index contributed by atoms with van der Waals surface area (Å²) in [6.07, 6.45) is 10.1. The lowest BCUT2D eigenvalue weighted by Crippen LogP contribution is -2.49. The maximum absolute atomic E-state index is 11.7. The van der Waals surface area contributed by atoms with Gasteiger partial charge in [-0.25, -0.2) is 0 Å². The molecular formula is C29H44ClNO3. The molecule has 1 aromatic rings. The summed E-state index contributed by atoms with van der Waals surface area (Å²) in [5, 5.41) is 15.1. The topological polar surface area (TPSA) is 58.6 Å². The molecule has 1 aromatic carbocycles. The first-order chi connectivity index (χ1) is 16.1. The number of aldehydes is 1. The number of carbonyl (C=O) groups is 1. The molecule has 2 N–H and O–H groups in total. The van der Waals surface area contributed by atoms with E-state index in [0.717, 1.165) is 30.5 Å². The summed E-state index contributed by atoms with van der Waals surface area (Å²) in [5.41, 5.74) is 3.57. The average Bonchev–Trinajstić information content (AvgIpc) is 2.82. The summed E-state index contributed by atoms with van der Waals surface area (Å²) in [7, 11) is 1.55. The Morgan fingerprint density at radius 1 is 1.24 bits per heavy atom. The van der Waals surface area contributed by atoms with Crippen molar-refractivity contribution in [3.8, 4) is 11.5 Å². The Morgan fingerprint density at radius 3 is 2.44 bits per heavy atom. The minimum atomic E-state index is -0.0556. The minimum Gasteiger partial charge on any atom is -0.506 e. The molecule has 0 spiro atoms. The number of ether oxygens (including phenoxy) is 1. The Balaban J connectivity index is 2.52. The van der Waals surface area contributed by atoms with Crippen LogP contribution >= 0.6 is 11.6 Å². The second-order valence-electron chi connectivity index (χ2n) is 9.98. The first-order valence-electron chi connectivity index (χ1n) is 12.8. The highest BCUT2D eigenvalue weighted by Gasteiger charge is 2.42. The van der Waals surface area contributed by atoms with Gasteiger partial charge < -0.3 is 15.2 Å². The van der Waals surface area contributed by atoms with Crippen LogP contribution in [0.3, 0.4) is 0 Å². The second kappa shape index (κ2) is 12.3. The van der Waals surface area contributed by atoms with E-state index in [-0.39, 0.29) is 16.7 Å². The number of benzene rings is 1. The zero-order chi connectivity index (χ0) is 25.6. The average molecular weight is 490 g/mol. The van der Waals surface area contributed by atoms with Crippen LogP contribution in [0.2, 0.25) is 5.02 Å². The van der Waals surface area contributed by atoms with Gasteiger partial charge in [0.2, 0.25) is 0 Å². The van der Waals surface area contributed by atoms with Crippen LogP contribution < -0.4 is 10.1 Å². The number of allylic oxidation sites excluding steroid dienone is 4. The summed E-state index contributed by atoms with van der Waals surface area (Å²) in [4.78, 5) is 11.7. The quantitative estimate of drug-likeness (QED) is 0.260. The molecule has 0 amide bonds. The first kappa shape index (κ1) is 28.5. The molecule has 0 saturated heterocycles. The van der Waals surface area contributed by atoms with Gasteiger partial charge in [0.05, 0.1) is 23.3 Å². The van der Waals surface area contributed by atoms with E-state index in [9.17, 15) is 9.90 Å². The molecule has 1 aliphatic rings. The fourth-order valence-corrected chi connectivity index (χ4v) is 6.00. The predicted octanol–water partition coefficient (Wildman–Crippen LogP) is 7.75. The third kappa shape index (κ3) is 5.39. The van der Waals surface area contributed by atoms with Crippen LogP contribution in [0.25, 0.3) is 5.57 Å². The van der Waals surface area contributed by atoms with Gasteiger partial charge in [0.1, 0.15) is 11.5 Å². The molecule has 4 nitrogen and oxygen atoms in total. The lowest BCUT2D eigenvalue weighted by Gasteiger charge is -2.49. The summed E-state index contributed by atoms with van der Waals surface area (Å²) in [6, 6.07) is 0.560. The number of phenols is 1. The minimum absolute atomic E-state index is 0.0556. The van der Waals surface area contributed by atoms with Gasteiger partial charge in [0.25, 0.3) is 0 Å². The first-order valence-corrected chi connectivity index (χ1v) is 13.2. The molecule has 0 radical (unpaired) electrons. The van der Waals surface area contributed by atoms with Crippen molar-refractivity contribution in [3.63, 3.8) is 0 Å². The van der Waals surface area contributed by atoms with Crippen molar-refractivity contribution in [2.45, 2.75) is 86.6 Å². The maximum atomic E-state index is 11.7. The largest absolute Gasteiger partial charge is 0.506 e. The smallest absolute Gasteiger partial charge is 0.154 e. The lowest BCUT2D eigenvalue weighted by atomic mass is 9.59. The Hall–Kier alpha value is -1.78. The van der Waals surface area contributed by atoms with Crippen molar-refractivity contribution in [2.24, 2.45) is 17.3 Å². The van der Waals surface area contributed by atoms with Crippen LogP contribution in [0.1, 0.15) is 95.1 Å².